The Morgan fingerprint density at radius 3 is 2.60 bits per heavy atom. The highest BCUT2D eigenvalue weighted by Gasteiger charge is 1.99. The van der Waals surface area contributed by atoms with Gasteiger partial charge in [-0.3, -0.25) is 0 Å². The molecule has 10 heavy (non-hydrogen) atoms. The zero-order valence-corrected chi connectivity index (χ0v) is 7.83. The molecule has 0 spiro atoms. The van der Waals surface area contributed by atoms with Gasteiger partial charge in [0.1, 0.15) is 0 Å². The van der Waals surface area contributed by atoms with E-state index in [0.29, 0.717) is 0 Å². The van der Waals surface area contributed by atoms with Gasteiger partial charge in [-0.2, -0.15) is 0 Å². The molecule has 1 aromatic carbocycles. The molecular weight excluding hydrogens is 213 g/mol. The first-order valence-corrected chi connectivity index (χ1v) is 3.99. The van der Waals surface area contributed by atoms with Crippen molar-refractivity contribution in [3.63, 3.8) is 0 Å². The monoisotopic (exact) mass is 219 g/mol. The lowest BCUT2D eigenvalue weighted by Crippen LogP contribution is -1.87. The van der Waals surface area contributed by atoms with Crippen molar-refractivity contribution >= 4 is 33.2 Å². The summed E-state index contributed by atoms with van der Waals surface area (Å²) in [6.07, 6.45) is 0. The molecule has 0 atom stereocenters. The third-order valence-electron chi connectivity index (χ3n) is 1.28. The molecule has 0 heterocycles. The van der Waals surface area contributed by atoms with Crippen molar-refractivity contribution in [3.05, 3.63) is 27.2 Å². The average molecular weight is 220 g/mol. The maximum Gasteiger partial charge on any atom is 0.0462 e. The normalized spacial score (nSPS) is 9.90. The topological polar surface area (TPSA) is 26.0 Å². The van der Waals surface area contributed by atoms with Crippen LogP contribution in [0.15, 0.2) is 16.6 Å². The number of hydrogen-bond donors (Lipinski definition) is 1. The molecule has 0 aromatic heterocycles. The van der Waals surface area contributed by atoms with Gasteiger partial charge in [0, 0.05) is 15.2 Å². The quantitative estimate of drug-likeness (QED) is 0.668. The number of benzene rings is 1. The first kappa shape index (κ1) is 7.89. The molecule has 0 amide bonds. The molecule has 2 N–H and O–H groups in total. The Hall–Kier alpha value is -0.210. The number of rotatable bonds is 0. The van der Waals surface area contributed by atoms with E-state index < -0.39 is 0 Å². The lowest BCUT2D eigenvalue weighted by Gasteiger charge is -2.01. The van der Waals surface area contributed by atoms with Crippen LogP contribution in [0, 0.1) is 6.92 Å². The van der Waals surface area contributed by atoms with E-state index in [1.807, 2.05) is 13.0 Å². The predicted molar refractivity (Wildman–Crippen MR) is 48.3 cm³/mol. The Morgan fingerprint density at radius 1 is 1.50 bits per heavy atom. The Balaban J connectivity index is 3.28. The van der Waals surface area contributed by atoms with Crippen LogP contribution in [0.2, 0.25) is 5.02 Å². The van der Waals surface area contributed by atoms with Crippen molar-refractivity contribution in [2.75, 3.05) is 5.73 Å². The fourth-order valence-corrected chi connectivity index (χ4v) is 1.32. The summed E-state index contributed by atoms with van der Waals surface area (Å²) in [6.45, 7) is 1.92. The largest absolute Gasteiger partial charge is 0.398 e. The molecule has 0 aliphatic rings. The first-order chi connectivity index (χ1) is 4.61. The maximum atomic E-state index is 5.80. The summed E-state index contributed by atoms with van der Waals surface area (Å²) in [5.74, 6) is 0. The van der Waals surface area contributed by atoms with E-state index in [1.54, 1.807) is 6.07 Å². The predicted octanol–water partition coefficient (Wildman–Crippen LogP) is 2.99. The SMILES string of the molecule is Cc1cc(N)c(Br)cc1Cl. The van der Waals surface area contributed by atoms with E-state index in [4.69, 9.17) is 17.3 Å². The Morgan fingerprint density at radius 2 is 2.10 bits per heavy atom. The van der Waals surface area contributed by atoms with Gasteiger partial charge in [-0.05, 0) is 40.5 Å². The number of aryl methyl sites for hydroxylation is 1. The van der Waals surface area contributed by atoms with Crippen molar-refractivity contribution in [1.29, 1.82) is 0 Å². The van der Waals surface area contributed by atoms with Gasteiger partial charge in [0.25, 0.3) is 0 Å². The zero-order valence-electron chi connectivity index (χ0n) is 5.49. The number of anilines is 1. The molecular formula is C7H7BrClN. The summed E-state index contributed by atoms with van der Waals surface area (Å²) >= 11 is 9.07. The van der Waals surface area contributed by atoms with Gasteiger partial charge < -0.3 is 5.73 Å². The van der Waals surface area contributed by atoms with Gasteiger partial charge in [-0.15, -0.1) is 0 Å². The van der Waals surface area contributed by atoms with E-state index in [9.17, 15) is 0 Å². The van der Waals surface area contributed by atoms with E-state index in [0.717, 1.165) is 20.7 Å². The third-order valence-corrected chi connectivity index (χ3v) is 2.37. The minimum absolute atomic E-state index is 0.724. The van der Waals surface area contributed by atoms with Crippen molar-refractivity contribution in [3.8, 4) is 0 Å². The zero-order chi connectivity index (χ0) is 7.72. The maximum absolute atomic E-state index is 5.80. The smallest absolute Gasteiger partial charge is 0.0462 e. The summed E-state index contributed by atoms with van der Waals surface area (Å²) in [6, 6.07) is 3.64. The fourth-order valence-electron chi connectivity index (χ4n) is 0.680. The highest BCUT2D eigenvalue weighted by atomic mass is 79.9. The van der Waals surface area contributed by atoms with Gasteiger partial charge in [-0.1, -0.05) is 11.6 Å². The van der Waals surface area contributed by atoms with E-state index in [1.165, 1.54) is 0 Å². The number of nitrogens with two attached hydrogens (primary N) is 1. The first-order valence-electron chi connectivity index (χ1n) is 2.82. The molecule has 0 saturated carbocycles. The number of halogens is 2. The highest BCUT2D eigenvalue weighted by Crippen LogP contribution is 2.26. The molecule has 0 aliphatic carbocycles. The van der Waals surface area contributed by atoms with Crippen molar-refractivity contribution < 1.29 is 0 Å². The second kappa shape index (κ2) is 2.81. The molecule has 1 nitrogen and oxygen atoms in total. The second-order valence-corrected chi connectivity index (χ2v) is 3.38. The molecule has 1 rings (SSSR count). The van der Waals surface area contributed by atoms with Crippen LogP contribution in [0.3, 0.4) is 0 Å². The van der Waals surface area contributed by atoms with Crippen LogP contribution in [0.4, 0.5) is 5.69 Å². The molecule has 0 fully saturated rings. The molecule has 1 aromatic rings. The number of nitrogen functional groups attached to an aromatic ring is 1. The van der Waals surface area contributed by atoms with Crippen LogP contribution >= 0.6 is 27.5 Å². The highest BCUT2D eigenvalue weighted by molar-refractivity contribution is 9.10. The number of hydrogen-bond acceptors (Lipinski definition) is 1. The standard InChI is InChI=1S/C7H7BrClN/c1-4-2-7(10)5(8)3-6(4)9/h2-3H,10H2,1H3. The van der Waals surface area contributed by atoms with Crippen LogP contribution in [-0.2, 0) is 0 Å². The summed E-state index contributed by atoms with van der Waals surface area (Å²) in [4.78, 5) is 0. The van der Waals surface area contributed by atoms with Crippen LogP contribution in [0.25, 0.3) is 0 Å². The molecule has 54 valence electrons. The Kier molecular flexibility index (Phi) is 2.21. The molecule has 3 heteroatoms. The summed E-state index contributed by atoms with van der Waals surface area (Å²) in [5.41, 5.74) is 7.31. The van der Waals surface area contributed by atoms with Gasteiger partial charge in [0.2, 0.25) is 0 Å². The van der Waals surface area contributed by atoms with Gasteiger partial charge >= 0.3 is 0 Å². The van der Waals surface area contributed by atoms with E-state index in [2.05, 4.69) is 15.9 Å². The summed E-state index contributed by atoms with van der Waals surface area (Å²) in [7, 11) is 0. The summed E-state index contributed by atoms with van der Waals surface area (Å²) in [5, 5.41) is 0.737. The van der Waals surface area contributed by atoms with Crippen molar-refractivity contribution in [2.24, 2.45) is 0 Å². The van der Waals surface area contributed by atoms with Gasteiger partial charge in [-0.25, -0.2) is 0 Å². The summed E-state index contributed by atoms with van der Waals surface area (Å²) < 4.78 is 0.850. The van der Waals surface area contributed by atoms with Crippen LogP contribution in [0.1, 0.15) is 5.56 Å². The second-order valence-electron chi connectivity index (χ2n) is 2.12. The molecule has 0 saturated heterocycles. The molecule has 0 radical (unpaired) electrons. The van der Waals surface area contributed by atoms with Crippen molar-refractivity contribution in [2.45, 2.75) is 6.92 Å². The third kappa shape index (κ3) is 1.44. The fraction of sp³-hybridized carbons (Fsp3) is 0.143. The minimum atomic E-state index is 0.724. The van der Waals surface area contributed by atoms with Gasteiger partial charge in [0.15, 0.2) is 0 Å². The lowest BCUT2D eigenvalue weighted by atomic mass is 10.2. The van der Waals surface area contributed by atoms with E-state index in [-0.39, 0.29) is 0 Å². The van der Waals surface area contributed by atoms with Crippen LogP contribution in [-0.4, -0.2) is 0 Å². The molecule has 0 aliphatic heterocycles. The Labute approximate surface area is 73.3 Å². The van der Waals surface area contributed by atoms with Crippen molar-refractivity contribution in [1.82, 2.24) is 0 Å². The average Bonchev–Trinajstić information content (AvgIpc) is 1.84. The lowest BCUT2D eigenvalue weighted by molar-refractivity contribution is 1.46. The molecule has 0 bridgehead atoms. The van der Waals surface area contributed by atoms with Crippen LogP contribution in [0.5, 0.6) is 0 Å². The van der Waals surface area contributed by atoms with E-state index >= 15 is 0 Å². The minimum Gasteiger partial charge on any atom is -0.398 e. The van der Waals surface area contributed by atoms with Crippen LogP contribution < -0.4 is 5.73 Å². The molecule has 0 unspecified atom stereocenters. The van der Waals surface area contributed by atoms with Gasteiger partial charge in [0.05, 0.1) is 0 Å². The Bertz CT molecular complexity index is 210.